The number of amides is 1. The van der Waals surface area contributed by atoms with Crippen molar-refractivity contribution < 1.29 is 19.1 Å². The number of halogens is 1. The predicted octanol–water partition coefficient (Wildman–Crippen LogP) is 2.60. The molecule has 0 aliphatic rings. The summed E-state index contributed by atoms with van der Waals surface area (Å²) in [6.45, 7) is 5.62. The van der Waals surface area contributed by atoms with Crippen LogP contribution in [0.5, 0.6) is 5.75 Å². The van der Waals surface area contributed by atoms with E-state index in [9.17, 15) is 9.59 Å². The highest BCUT2D eigenvalue weighted by Gasteiger charge is 2.14. The number of rotatable bonds is 7. The normalized spacial score (nSPS) is 11.9. The van der Waals surface area contributed by atoms with E-state index in [1.54, 1.807) is 18.2 Å². The second-order valence-corrected chi connectivity index (χ2v) is 5.83. The zero-order valence-corrected chi connectivity index (χ0v) is 14.1. The molecular formula is C16H22ClNO4. The number of nitrogens with one attached hydrogen (secondary N) is 1. The molecule has 1 amide bonds. The number of carbonyl (C=O) groups excluding carboxylic acids is 2. The molecule has 0 heterocycles. The lowest BCUT2D eigenvalue weighted by Crippen LogP contribution is -2.38. The molecule has 122 valence electrons. The van der Waals surface area contributed by atoms with Gasteiger partial charge < -0.3 is 14.8 Å². The van der Waals surface area contributed by atoms with Gasteiger partial charge in [0.25, 0.3) is 5.91 Å². The summed E-state index contributed by atoms with van der Waals surface area (Å²) in [4.78, 5) is 23.5. The summed E-state index contributed by atoms with van der Waals surface area (Å²) in [7, 11) is 1.51. The van der Waals surface area contributed by atoms with E-state index in [-0.39, 0.29) is 25.0 Å². The highest BCUT2D eigenvalue weighted by molar-refractivity contribution is 6.30. The van der Waals surface area contributed by atoms with Crippen molar-refractivity contribution in [1.82, 2.24) is 5.32 Å². The molecule has 0 saturated carbocycles. The number of benzene rings is 1. The lowest BCUT2D eigenvalue weighted by molar-refractivity contribution is -0.148. The molecule has 0 aromatic heterocycles. The van der Waals surface area contributed by atoms with Crippen LogP contribution in [-0.4, -0.2) is 31.6 Å². The molecule has 1 atom stereocenters. The molecule has 0 aliphatic heterocycles. The molecule has 5 nitrogen and oxygen atoms in total. The van der Waals surface area contributed by atoms with Gasteiger partial charge in [0.05, 0.1) is 13.5 Å². The summed E-state index contributed by atoms with van der Waals surface area (Å²) in [5, 5.41) is 3.27. The average molecular weight is 328 g/mol. The number of hydrogen-bond acceptors (Lipinski definition) is 4. The van der Waals surface area contributed by atoms with Gasteiger partial charge in [-0.3, -0.25) is 9.59 Å². The number of carbonyl (C=O) groups is 2. The summed E-state index contributed by atoms with van der Waals surface area (Å²) in [6, 6.07) is 5.03. The summed E-state index contributed by atoms with van der Waals surface area (Å²) < 4.78 is 10.1. The van der Waals surface area contributed by atoms with Gasteiger partial charge in [-0.15, -0.1) is 0 Å². The Hall–Kier alpha value is -1.75. The largest absolute Gasteiger partial charge is 0.496 e. The molecule has 0 radical (unpaired) electrons. The Labute approximate surface area is 135 Å². The van der Waals surface area contributed by atoms with E-state index in [1.807, 2.05) is 20.8 Å². The van der Waals surface area contributed by atoms with Crippen molar-refractivity contribution in [1.29, 1.82) is 0 Å². The van der Waals surface area contributed by atoms with Crippen LogP contribution in [0, 0.1) is 5.92 Å². The molecule has 0 unspecified atom stereocenters. The Morgan fingerprint density at radius 2 is 1.95 bits per heavy atom. The average Bonchev–Trinajstić information content (AvgIpc) is 2.45. The summed E-state index contributed by atoms with van der Waals surface area (Å²) >= 11 is 5.90. The highest BCUT2D eigenvalue weighted by Crippen LogP contribution is 2.23. The van der Waals surface area contributed by atoms with Gasteiger partial charge >= 0.3 is 5.97 Å². The number of esters is 1. The van der Waals surface area contributed by atoms with Crippen molar-refractivity contribution in [3.63, 3.8) is 0 Å². The summed E-state index contributed by atoms with van der Waals surface area (Å²) in [5.41, 5.74) is 0.621. The first-order chi connectivity index (χ1) is 10.3. The van der Waals surface area contributed by atoms with Crippen LogP contribution in [0.2, 0.25) is 5.02 Å². The fraction of sp³-hybridized carbons (Fsp3) is 0.500. The number of hydrogen-bond donors (Lipinski definition) is 1. The fourth-order valence-electron chi connectivity index (χ4n) is 1.70. The number of methoxy groups -OCH3 is 1. The monoisotopic (exact) mass is 327 g/mol. The van der Waals surface area contributed by atoms with Crippen molar-refractivity contribution >= 4 is 23.5 Å². The molecule has 22 heavy (non-hydrogen) atoms. The van der Waals surface area contributed by atoms with Gasteiger partial charge in [-0.1, -0.05) is 25.4 Å². The van der Waals surface area contributed by atoms with E-state index < -0.39 is 5.97 Å². The Balaban J connectivity index is 2.50. The van der Waals surface area contributed by atoms with Gasteiger partial charge in [-0.2, -0.15) is 0 Å². The van der Waals surface area contributed by atoms with Crippen LogP contribution < -0.4 is 10.1 Å². The SMILES string of the molecule is COc1ccc(Cl)cc1CC(=O)OCC(=O)N[C@H](C)C(C)C. The van der Waals surface area contributed by atoms with Crippen LogP contribution >= 0.6 is 11.6 Å². The Morgan fingerprint density at radius 3 is 2.55 bits per heavy atom. The maximum atomic E-state index is 11.8. The van der Waals surface area contributed by atoms with Crippen LogP contribution in [0.15, 0.2) is 18.2 Å². The third-order valence-corrected chi connectivity index (χ3v) is 3.57. The van der Waals surface area contributed by atoms with Crippen molar-refractivity contribution in [2.24, 2.45) is 5.92 Å². The van der Waals surface area contributed by atoms with Crippen LogP contribution in [0.4, 0.5) is 0 Å². The van der Waals surface area contributed by atoms with Gasteiger partial charge in [0.1, 0.15) is 5.75 Å². The van der Waals surface area contributed by atoms with Crippen LogP contribution in [0.1, 0.15) is 26.3 Å². The predicted molar refractivity (Wildman–Crippen MR) is 85.1 cm³/mol. The first-order valence-corrected chi connectivity index (χ1v) is 7.48. The van der Waals surface area contributed by atoms with Crippen molar-refractivity contribution in [2.45, 2.75) is 33.2 Å². The molecule has 0 aliphatic carbocycles. The Bertz CT molecular complexity index is 531. The van der Waals surface area contributed by atoms with Crippen LogP contribution in [0.25, 0.3) is 0 Å². The molecule has 0 fully saturated rings. The minimum Gasteiger partial charge on any atom is -0.496 e. The molecule has 0 saturated heterocycles. The van der Waals surface area contributed by atoms with Crippen molar-refractivity contribution in [2.75, 3.05) is 13.7 Å². The van der Waals surface area contributed by atoms with Gasteiger partial charge in [-0.25, -0.2) is 0 Å². The maximum Gasteiger partial charge on any atom is 0.310 e. The molecule has 1 N–H and O–H groups in total. The third-order valence-electron chi connectivity index (χ3n) is 3.33. The van der Waals surface area contributed by atoms with E-state index in [0.717, 1.165) is 0 Å². The standard InChI is InChI=1S/C16H22ClNO4/c1-10(2)11(3)18-15(19)9-22-16(20)8-12-7-13(17)5-6-14(12)21-4/h5-7,10-11H,8-9H2,1-4H3,(H,18,19)/t11-/m1/s1. The summed E-state index contributed by atoms with van der Waals surface area (Å²) in [5.74, 6) is 0.0510. The highest BCUT2D eigenvalue weighted by atomic mass is 35.5. The first kappa shape index (κ1) is 18.3. The van der Waals surface area contributed by atoms with Crippen molar-refractivity contribution in [3.05, 3.63) is 28.8 Å². The molecule has 1 aromatic carbocycles. The van der Waals surface area contributed by atoms with Crippen molar-refractivity contribution in [3.8, 4) is 5.75 Å². The second kappa shape index (κ2) is 8.63. The van der Waals surface area contributed by atoms with Crippen LogP contribution in [0.3, 0.4) is 0 Å². The Morgan fingerprint density at radius 1 is 1.27 bits per heavy atom. The van der Waals surface area contributed by atoms with Gasteiger partial charge in [0.15, 0.2) is 6.61 Å². The van der Waals surface area contributed by atoms with E-state index in [1.165, 1.54) is 7.11 Å². The van der Waals surface area contributed by atoms with E-state index >= 15 is 0 Å². The van der Waals surface area contributed by atoms with Gasteiger partial charge in [0, 0.05) is 16.6 Å². The van der Waals surface area contributed by atoms with E-state index in [2.05, 4.69) is 5.32 Å². The molecule has 1 aromatic rings. The van der Waals surface area contributed by atoms with Crippen LogP contribution in [-0.2, 0) is 20.7 Å². The van der Waals surface area contributed by atoms with E-state index in [4.69, 9.17) is 21.1 Å². The lowest BCUT2D eigenvalue weighted by atomic mass is 10.1. The lowest BCUT2D eigenvalue weighted by Gasteiger charge is -2.17. The molecule has 6 heteroatoms. The maximum absolute atomic E-state index is 11.8. The van der Waals surface area contributed by atoms with Gasteiger partial charge in [0.2, 0.25) is 0 Å². The van der Waals surface area contributed by atoms with E-state index in [0.29, 0.717) is 22.3 Å². The number of ether oxygens (including phenoxy) is 2. The topological polar surface area (TPSA) is 64.6 Å². The zero-order valence-electron chi connectivity index (χ0n) is 13.3. The Kier molecular flexibility index (Phi) is 7.18. The minimum atomic E-state index is -0.507. The fourth-order valence-corrected chi connectivity index (χ4v) is 1.89. The summed E-state index contributed by atoms with van der Waals surface area (Å²) in [6.07, 6.45) is -0.00323. The third kappa shape index (κ3) is 5.93. The molecule has 0 spiro atoms. The zero-order chi connectivity index (χ0) is 16.7. The molecular weight excluding hydrogens is 306 g/mol. The smallest absolute Gasteiger partial charge is 0.310 e. The minimum absolute atomic E-state index is 0.00323. The van der Waals surface area contributed by atoms with Gasteiger partial charge in [-0.05, 0) is 31.0 Å². The molecule has 1 rings (SSSR count). The quantitative estimate of drug-likeness (QED) is 0.782. The molecule has 0 bridgehead atoms. The second-order valence-electron chi connectivity index (χ2n) is 5.39. The first-order valence-electron chi connectivity index (χ1n) is 7.11.